The Morgan fingerprint density at radius 3 is 2.44 bits per heavy atom. The first-order valence-electron chi connectivity index (χ1n) is 11.4. The highest BCUT2D eigenvalue weighted by Crippen LogP contribution is 2.30. The number of thiazole rings is 1. The summed E-state index contributed by atoms with van der Waals surface area (Å²) in [5, 5.41) is 12.3. The Hall–Kier alpha value is -3.52. The lowest BCUT2D eigenvalue weighted by Crippen LogP contribution is -2.22. The van der Waals surface area contributed by atoms with Crippen LogP contribution in [-0.2, 0) is 6.54 Å². The number of ether oxygens (including phenoxy) is 1. The van der Waals surface area contributed by atoms with E-state index in [1.54, 1.807) is 4.68 Å². The molecule has 0 aliphatic carbocycles. The molecule has 2 heterocycles. The number of carbonyl (C=O) groups excluding carboxylic acids is 1. The summed E-state index contributed by atoms with van der Waals surface area (Å²) in [7, 11) is 0. The van der Waals surface area contributed by atoms with Gasteiger partial charge in [-0.3, -0.25) is 4.79 Å². The first-order chi connectivity index (χ1) is 16.4. The van der Waals surface area contributed by atoms with Crippen molar-refractivity contribution in [2.24, 2.45) is 0 Å². The van der Waals surface area contributed by atoms with Crippen molar-refractivity contribution in [3.05, 3.63) is 75.9 Å². The number of hydrogen-bond acceptors (Lipinski definition) is 6. The van der Waals surface area contributed by atoms with Crippen LogP contribution in [0.2, 0.25) is 0 Å². The Kier molecular flexibility index (Phi) is 7.07. The first-order valence-corrected chi connectivity index (χ1v) is 12.2. The van der Waals surface area contributed by atoms with Gasteiger partial charge in [-0.05, 0) is 62.1 Å². The van der Waals surface area contributed by atoms with E-state index in [4.69, 9.17) is 4.74 Å². The van der Waals surface area contributed by atoms with E-state index in [-0.39, 0.29) is 5.91 Å². The van der Waals surface area contributed by atoms with Gasteiger partial charge in [0, 0.05) is 6.54 Å². The van der Waals surface area contributed by atoms with Crippen LogP contribution in [0.3, 0.4) is 0 Å². The second kappa shape index (κ2) is 10.2. The number of amides is 1. The van der Waals surface area contributed by atoms with Gasteiger partial charge >= 0.3 is 0 Å². The summed E-state index contributed by atoms with van der Waals surface area (Å²) >= 11 is 1.33. The van der Waals surface area contributed by atoms with Gasteiger partial charge < -0.3 is 10.1 Å². The molecule has 0 saturated heterocycles. The van der Waals surface area contributed by atoms with E-state index in [2.05, 4.69) is 58.7 Å². The van der Waals surface area contributed by atoms with Crippen molar-refractivity contribution < 1.29 is 9.53 Å². The molecule has 0 atom stereocenters. The lowest BCUT2D eigenvalue weighted by atomic mass is 10.0. The maximum atomic E-state index is 12.9. The largest absolute Gasteiger partial charge is 0.494 e. The smallest absolute Gasteiger partial charge is 0.263 e. The zero-order chi connectivity index (χ0) is 24.2. The van der Waals surface area contributed by atoms with E-state index in [1.165, 1.54) is 16.9 Å². The van der Waals surface area contributed by atoms with Crippen molar-refractivity contribution in [3.8, 4) is 22.1 Å². The third-order valence-corrected chi connectivity index (χ3v) is 6.75. The number of carbonyl (C=O) groups is 1. The Balaban J connectivity index is 1.48. The lowest BCUT2D eigenvalue weighted by Gasteiger charge is -2.08. The molecule has 0 spiro atoms. The number of aromatic nitrogens is 4. The van der Waals surface area contributed by atoms with Gasteiger partial charge in [0.2, 0.25) is 0 Å². The van der Waals surface area contributed by atoms with Gasteiger partial charge in [0.1, 0.15) is 21.3 Å². The summed E-state index contributed by atoms with van der Waals surface area (Å²) in [6.07, 6.45) is 0. The zero-order valence-electron chi connectivity index (χ0n) is 20.1. The van der Waals surface area contributed by atoms with Crippen molar-refractivity contribution in [3.63, 3.8) is 0 Å². The molecule has 1 N–H and O–H groups in total. The average molecular weight is 476 g/mol. The number of aryl methyl sites for hydroxylation is 1. The molecular formula is C26H29N5O2S. The first kappa shape index (κ1) is 23.6. The minimum Gasteiger partial charge on any atom is -0.494 e. The fourth-order valence-corrected chi connectivity index (χ4v) is 4.63. The number of benzene rings is 2. The van der Waals surface area contributed by atoms with Crippen molar-refractivity contribution in [1.82, 2.24) is 25.3 Å². The summed E-state index contributed by atoms with van der Waals surface area (Å²) in [4.78, 5) is 18.1. The summed E-state index contributed by atoms with van der Waals surface area (Å²) in [6, 6.07) is 16.0. The predicted molar refractivity (Wildman–Crippen MR) is 135 cm³/mol. The minimum atomic E-state index is -0.134. The van der Waals surface area contributed by atoms with Crippen molar-refractivity contribution >= 4 is 17.2 Å². The van der Waals surface area contributed by atoms with E-state index in [9.17, 15) is 4.79 Å². The average Bonchev–Trinajstić information content (AvgIpc) is 3.41. The fraction of sp³-hybridized carbons (Fsp3) is 0.308. The molecule has 0 unspecified atom stereocenters. The van der Waals surface area contributed by atoms with Gasteiger partial charge in [0.25, 0.3) is 5.91 Å². The van der Waals surface area contributed by atoms with Crippen molar-refractivity contribution in [2.75, 3.05) is 6.61 Å². The van der Waals surface area contributed by atoms with Gasteiger partial charge in [0.05, 0.1) is 23.7 Å². The lowest BCUT2D eigenvalue weighted by molar-refractivity contribution is 0.0954. The van der Waals surface area contributed by atoms with E-state index in [0.717, 1.165) is 22.7 Å². The van der Waals surface area contributed by atoms with Gasteiger partial charge in [-0.2, -0.15) is 0 Å². The minimum absolute atomic E-state index is 0.134. The predicted octanol–water partition coefficient (Wildman–Crippen LogP) is 5.46. The Morgan fingerprint density at radius 1 is 1.09 bits per heavy atom. The van der Waals surface area contributed by atoms with Crippen LogP contribution in [-0.4, -0.2) is 32.5 Å². The highest BCUT2D eigenvalue weighted by atomic mass is 32.1. The molecule has 2 aromatic carbocycles. The Bertz CT molecular complexity index is 1270. The number of nitrogens with one attached hydrogen (secondary N) is 1. The molecule has 1 amide bonds. The van der Waals surface area contributed by atoms with Crippen molar-refractivity contribution in [2.45, 2.75) is 47.1 Å². The second-order valence-corrected chi connectivity index (χ2v) is 9.37. The van der Waals surface area contributed by atoms with Crippen molar-refractivity contribution in [1.29, 1.82) is 0 Å². The van der Waals surface area contributed by atoms with E-state index < -0.39 is 0 Å². The topological polar surface area (TPSA) is 81.9 Å². The molecule has 0 fully saturated rings. The van der Waals surface area contributed by atoms with Crippen LogP contribution in [0.15, 0.2) is 48.5 Å². The Labute approximate surface area is 203 Å². The fourth-order valence-electron chi connectivity index (χ4n) is 3.61. The molecule has 0 aliphatic heterocycles. The molecule has 0 radical (unpaired) electrons. The molecule has 4 rings (SSSR count). The van der Waals surface area contributed by atoms with Crippen LogP contribution < -0.4 is 10.1 Å². The van der Waals surface area contributed by atoms with Crippen LogP contribution in [0, 0.1) is 13.8 Å². The molecule has 4 aromatic rings. The second-order valence-electron chi connectivity index (χ2n) is 8.37. The molecule has 0 saturated carbocycles. The maximum absolute atomic E-state index is 12.9. The number of hydrogen-bond donors (Lipinski definition) is 1. The van der Waals surface area contributed by atoms with Crippen LogP contribution in [0.4, 0.5) is 0 Å². The monoisotopic (exact) mass is 475 g/mol. The third-order valence-electron chi connectivity index (χ3n) is 5.59. The summed E-state index contributed by atoms with van der Waals surface area (Å²) in [5.41, 5.74) is 5.44. The number of nitrogens with zero attached hydrogens (tertiary/aromatic N) is 4. The van der Waals surface area contributed by atoms with Gasteiger partial charge in [-0.25, -0.2) is 9.67 Å². The molecule has 34 heavy (non-hydrogen) atoms. The van der Waals surface area contributed by atoms with Crippen LogP contribution >= 0.6 is 11.3 Å². The third kappa shape index (κ3) is 5.02. The quantitative estimate of drug-likeness (QED) is 0.366. The highest BCUT2D eigenvalue weighted by Gasteiger charge is 2.20. The van der Waals surface area contributed by atoms with E-state index >= 15 is 0 Å². The summed E-state index contributed by atoms with van der Waals surface area (Å²) < 4.78 is 7.28. The van der Waals surface area contributed by atoms with Gasteiger partial charge in [-0.1, -0.05) is 43.3 Å². The van der Waals surface area contributed by atoms with Gasteiger partial charge in [-0.15, -0.1) is 16.4 Å². The highest BCUT2D eigenvalue weighted by molar-refractivity contribution is 7.17. The molecule has 0 bridgehead atoms. The summed E-state index contributed by atoms with van der Waals surface area (Å²) in [5.74, 6) is 1.16. The summed E-state index contributed by atoms with van der Waals surface area (Å²) in [6.45, 7) is 11.2. The zero-order valence-corrected chi connectivity index (χ0v) is 20.9. The molecule has 0 aliphatic rings. The van der Waals surface area contributed by atoms with Crippen LogP contribution in [0.25, 0.3) is 16.4 Å². The van der Waals surface area contributed by atoms with Crippen LogP contribution in [0.1, 0.15) is 58.9 Å². The molecular weight excluding hydrogens is 446 g/mol. The SMILES string of the molecule is CCOc1ccc(-n2nnc(-c3nc(C)c(C(=O)NCc4ccc(C(C)C)cc4)s3)c2C)cc1. The number of rotatable bonds is 8. The van der Waals surface area contributed by atoms with E-state index in [1.807, 2.05) is 45.0 Å². The van der Waals surface area contributed by atoms with E-state index in [0.29, 0.717) is 40.3 Å². The standard InChI is InChI=1S/C26H29N5O2S/c1-6-33-22-13-11-21(12-14-22)31-18(5)23(29-30-31)26-28-17(4)24(34-26)25(32)27-15-19-7-9-20(10-8-19)16(2)3/h7-14,16H,6,15H2,1-5H3,(H,27,32). The maximum Gasteiger partial charge on any atom is 0.263 e. The van der Waals surface area contributed by atoms with Crippen LogP contribution in [0.5, 0.6) is 5.75 Å². The molecule has 8 heteroatoms. The van der Waals surface area contributed by atoms with Gasteiger partial charge in [0.15, 0.2) is 0 Å². The Morgan fingerprint density at radius 2 is 1.79 bits per heavy atom. The molecule has 2 aromatic heterocycles. The molecule has 176 valence electrons. The normalized spacial score (nSPS) is 11.1. The molecule has 7 nitrogen and oxygen atoms in total.